The lowest BCUT2D eigenvalue weighted by atomic mass is 10.1. The van der Waals surface area contributed by atoms with Gasteiger partial charge >= 0.3 is 0 Å². The quantitative estimate of drug-likeness (QED) is 0.848. The Labute approximate surface area is 107 Å². The fourth-order valence-corrected chi connectivity index (χ4v) is 2.19. The molecule has 1 aromatic rings. The molecule has 1 atom stereocenters. The van der Waals surface area contributed by atoms with Crippen LogP contribution in [0.25, 0.3) is 0 Å². The lowest BCUT2D eigenvalue weighted by Gasteiger charge is -2.16. The molecule has 1 aromatic heterocycles. The second kappa shape index (κ2) is 4.69. The van der Waals surface area contributed by atoms with Gasteiger partial charge < -0.3 is 10.6 Å². The van der Waals surface area contributed by atoms with Crippen LogP contribution in [0.5, 0.6) is 0 Å². The summed E-state index contributed by atoms with van der Waals surface area (Å²) in [6, 6.07) is 1.80. The average Bonchev–Trinajstić information content (AvgIpc) is 2.64. The smallest absolute Gasteiger partial charge is 0.227 e. The van der Waals surface area contributed by atoms with Crippen LogP contribution in [0.4, 0.5) is 5.69 Å². The van der Waals surface area contributed by atoms with E-state index in [9.17, 15) is 4.79 Å². The molecular formula is C10H11BrClN3O. The van der Waals surface area contributed by atoms with Crippen molar-refractivity contribution in [3.8, 4) is 0 Å². The van der Waals surface area contributed by atoms with Crippen molar-refractivity contribution in [1.82, 2.24) is 4.98 Å². The topological polar surface area (TPSA) is 59.2 Å². The van der Waals surface area contributed by atoms with Crippen LogP contribution in [0.2, 0.25) is 5.15 Å². The summed E-state index contributed by atoms with van der Waals surface area (Å²) in [5.74, 6) is 0.327. The number of hydrogen-bond donors (Lipinski definition) is 1. The van der Waals surface area contributed by atoms with Crippen LogP contribution in [0, 0.1) is 5.92 Å². The van der Waals surface area contributed by atoms with E-state index in [1.807, 2.05) is 0 Å². The minimum atomic E-state index is 0.0893. The Morgan fingerprint density at radius 1 is 1.69 bits per heavy atom. The molecule has 1 fully saturated rings. The first-order valence-electron chi connectivity index (χ1n) is 4.93. The fraction of sp³-hybridized carbons (Fsp3) is 0.400. The van der Waals surface area contributed by atoms with Crippen LogP contribution in [0.15, 0.2) is 16.7 Å². The van der Waals surface area contributed by atoms with Crippen molar-refractivity contribution >= 4 is 39.1 Å². The molecule has 1 saturated heterocycles. The first-order valence-corrected chi connectivity index (χ1v) is 6.10. The van der Waals surface area contributed by atoms with Gasteiger partial charge in [0.2, 0.25) is 5.91 Å². The van der Waals surface area contributed by atoms with Gasteiger partial charge in [-0.2, -0.15) is 0 Å². The maximum atomic E-state index is 11.7. The summed E-state index contributed by atoms with van der Waals surface area (Å²) in [6.45, 7) is 1.19. The van der Waals surface area contributed by atoms with Crippen LogP contribution in [-0.2, 0) is 4.79 Å². The van der Waals surface area contributed by atoms with E-state index in [1.165, 1.54) is 0 Å². The van der Waals surface area contributed by atoms with Gasteiger partial charge in [0, 0.05) is 13.0 Å². The zero-order chi connectivity index (χ0) is 11.7. The molecule has 6 heteroatoms. The van der Waals surface area contributed by atoms with Crippen LogP contribution in [0.3, 0.4) is 0 Å². The van der Waals surface area contributed by atoms with Gasteiger partial charge in [-0.1, -0.05) is 11.6 Å². The number of pyridine rings is 1. The molecule has 1 unspecified atom stereocenters. The number of nitrogens with zero attached hydrogens (tertiary/aromatic N) is 2. The van der Waals surface area contributed by atoms with Crippen LogP contribution < -0.4 is 10.6 Å². The van der Waals surface area contributed by atoms with Crippen LogP contribution >= 0.6 is 27.5 Å². The predicted octanol–water partition coefficient (Wildman–Crippen LogP) is 1.81. The Kier molecular flexibility index (Phi) is 3.47. The first-order chi connectivity index (χ1) is 7.61. The third kappa shape index (κ3) is 2.21. The van der Waals surface area contributed by atoms with Crippen LogP contribution in [-0.4, -0.2) is 24.0 Å². The monoisotopic (exact) mass is 303 g/mol. The molecule has 2 N–H and O–H groups in total. The third-order valence-electron chi connectivity index (χ3n) is 2.63. The van der Waals surface area contributed by atoms with Gasteiger partial charge in [0.05, 0.1) is 16.4 Å². The Bertz CT molecular complexity index is 427. The van der Waals surface area contributed by atoms with E-state index >= 15 is 0 Å². The van der Waals surface area contributed by atoms with E-state index in [-0.39, 0.29) is 11.8 Å². The molecule has 2 heterocycles. The molecule has 4 nitrogen and oxygen atoms in total. The van der Waals surface area contributed by atoms with E-state index in [4.69, 9.17) is 17.3 Å². The zero-order valence-corrected chi connectivity index (χ0v) is 10.8. The Morgan fingerprint density at radius 2 is 2.44 bits per heavy atom. The second-order valence-electron chi connectivity index (χ2n) is 3.78. The van der Waals surface area contributed by atoms with Crippen molar-refractivity contribution in [2.75, 3.05) is 18.0 Å². The summed E-state index contributed by atoms with van der Waals surface area (Å²) in [4.78, 5) is 17.4. The number of anilines is 1. The van der Waals surface area contributed by atoms with Crippen LogP contribution in [0.1, 0.15) is 6.42 Å². The number of carbonyl (C=O) groups excluding carboxylic acids is 1. The molecule has 86 valence electrons. The summed E-state index contributed by atoms with van der Waals surface area (Å²) < 4.78 is 0.690. The van der Waals surface area contributed by atoms with E-state index in [1.54, 1.807) is 17.2 Å². The standard InChI is InChI=1S/C10H11BrClN3O/c11-8-2-7(4-14-10(8)12)15-5-6(3-13)1-9(15)16/h2,4,6H,1,3,5,13H2. The summed E-state index contributed by atoms with van der Waals surface area (Å²) in [7, 11) is 0. The van der Waals surface area contributed by atoms with E-state index in [0.717, 1.165) is 5.69 Å². The molecule has 1 aliphatic heterocycles. The highest BCUT2D eigenvalue weighted by Crippen LogP contribution is 2.29. The number of hydrogen-bond acceptors (Lipinski definition) is 3. The van der Waals surface area contributed by atoms with Crippen molar-refractivity contribution in [2.24, 2.45) is 11.7 Å². The summed E-state index contributed by atoms with van der Waals surface area (Å²) >= 11 is 9.09. The number of amides is 1. The molecule has 0 saturated carbocycles. The number of rotatable bonds is 2. The van der Waals surface area contributed by atoms with Crippen molar-refractivity contribution < 1.29 is 4.79 Å². The average molecular weight is 305 g/mol. The van der Waals surface area contributed by atoms with E-state index in [2.05, 4.69) is 20.9 Å². The maximum Gasteiger partial charge on any atom is 0.227 e. The maximum absolute atomic E-state index is 11.7. The zero-order valence-electron chi connectivity index (χ0n) is 8.49. The molecule has 1 amide bonds. The second-order valence-corrected chi connectivity index (χ2v) is 4.99. The van der Waals surface area contributed by atoms with Gasteiger partial charge in [0.15, 0.2) is 0 Å². The molecule has 16 heavy (non-hydrogen) atoms. The largest absolute Gasteiger partial charge is 0.330 e. The SMILES string of the molecule is NCC1CC(=O)N(c2cnc(Cl)c(Br)c2)C1. The number of nitrogens with two attached hydrogens (primary N) is 1. The summed E-state index contributed by atoms with van der Waals surface area (Å²) in [5.41, 5.74) is 6.33. The highest BCUT2D eigenvalue weighted by atomic mass is 79.9. The van der Waals surface area contributed by atoms with Gasteiger partial charge in [-0.3, -0.25) is 4.79 Å². The fourth-order valence-electron chi connectivity index (χ4n) is 1.75. The molecule has 2 rings (SSSR count). The van der Waals surface area contributed by atoms with Gasteiger partial charge in [-0.25, -0.2) is 4.98 Å². The molecule has 0 aromatic carbocycles. The van der Waals surface area contributed by atoms with E-state index < -0.39 is 0 Å². The minimum absolute atomic E-state index is 0.0893. The first kappa shape index (κ1) is 11.8. The third-order valence-corrected chi connectivity index (χ3v) is 3.77. The molecule has 0 radical (unpaired) electrons. The highest BCUT2D eigenvalue weighted by Gasteiger charge is 2.29. The number of carbonyl (C=O) groups is 1. The van der Waals surface area contributed by atoms with Gasteiger partial charge in [0.25, 0.3) is 0 Å². The van der Waals surface area contributed by atoms with Crippen molar-refractivity contribution in [3.63, 3.8) is 0 Å². The summed E-state index contributed by atoms with van der Waals surface area (Å²) in [5, 5.41) is 0.394. The lowest BCUT2D eigenvalue weighted by molar-refractivity contribution is -0.117. The van der Waals surface area contributed by atoms with E-state index in [0.29, 0.717) is 29.1 Å². The number of halogens is 2. The molecule has 0 aliphatic carbocycles. The normalized spacial score (nSPS) is 20.6. The van der Waals surface area contributed by atoms with Gasteiger partial charge in [-0.05, 0) is 34.5 Å². The predicted molar refractivity (Wildman–Crippen MR) is 66.5 cm³/mol. The Balaban J connectivity index is 2.24. The Morgan fingerprint density at radius 3 is 3.00 bits per heavy atom. The number of aromatic nitrogens is 1. The lowest BCUT2D eigenvalue weighted by Crippen LogP contribution is -2.25. The summed E-state index contributed by atoms with van der Waals surface area (Å²) in [6.07, 6.45) is 2.11. The van der Waals surface area contributed by atoms with Crippen molar-refractivity contribution in [3.05, 3.63) is 21.9 Å². The molecule has 1 aliphatic rings. The van der Waals surface area contributed by atoms with Crippen molar-refractivity contribution in [2.45, 2.75) is 6.42 Å². The Hall–Kier alpha value is -0.650. The minimum Gasteiger partial charge on any atom is -0.330 e. The molecular weight excluding hydrogens is 293 g/mol. The van der Waals surface area contributed by atoms with Gasteiger partial charge in [0.1, 0.15) is 5.15 Å². The van der Waals surface area contributed by atoms with Gasteiger partial charge in [-0.15, -0.1) is 0 Å². The molecule has 0 bridgehead atoms. The van der Waals surface area contributed by atoms with Crippen molar-refractivity contribution in [1.29, 1.82) is 0 Å². The molecule has 0 spiro atoms. The highest BCUT2D eigenvalue weighted by molar-refractivity contribution is 9.10.